The van der Waals surface area contributed by atoms with Crippen molar-refractivity contribution in [1.29, 1.82) is 0 Å². The molecule has 29 heavy (non-hydrogen) atoms. The first kappa shape index (κ1) is 20.8. The highest BCUT2D eigenvalue weighted by molar-refractivity contribution is 5.65. The Labute approximate surface area is 173 Å². The molecule has 0 saturated heterocycles. The van der Waals surface area contributed by atoms with E-state index in [-0.39, 0.29) is 5.41 Å². The summed E-state index contributed by atoms with van der Waals surface area (Å²) in [6.07, 6.45) is 0.915. The number of benzene rings is 2. The van der Waals surface area contributed by atoms with E-state index in [4.69, 9.17) is 9.72 Å². The Kier molecular flexibility index (Phi) is 6.83. The smallest absolute Gasteiger partial charge is 0.163 e. The van der Waals surface area contributed by atoms with Crippen LogP contribution in [0.5, 0.6) is 0 Å². The van der Waals surface area contributed by atoms with Gasteiger partial charge in [0.1, 0.15) is 11.6 Å². The quantitative estimate of drug-likeness (QED) is 0.488. The summed E-state index contributed by atoms with van der Waals surface area (Å²) in [5.74, 6) is 2.25. The second-order valence-corrected chi connectivity index (χ2v) is 8.05. The molecule has 0 aliphatic carbocycles. The lowest BCUT2D eigenvalue weighted by molar-refractivity contribution is 0.198. The molecule has 2 aromatic carbocycles. The molecule has 0 aliphatic rings. The van der Waals surface area contributed by atoms with Crippen LogP contribution in [0.25, 0.3) is 11.4 Å². The predicted octanol–water partition coefficient (Wildman–Crippen LogP) is 5.63. The Bertz CT molecular complexity index is 902. The maximum Gasteiger partial charge on any atom is 0.163 e. The Hall–Kier alpha value is -2.92. The van der Waals surface area contributed by atoms with Gasteiger partial charge in [0, 0.05) is 37.6 Å². The summed E-state index contributed by atoms with van der Waals surface area (Å²) in [6.45, 7) is 8.15. The van der Waals surface area contributed by atoms with Gasteiger partial charge in [-0.05, 0) is 29.5 Å². The van der Waals surface area contributed by atoms with E-state index in [1.807, 2.05) is 36.4 Å². The average molecular weight is 391 g/mol. The molecule has 2 N–H and O–H groups in total. The maximum atomic E-state index is 5.12. The zero-order chi connectivity index (χ0) is 20.7. The molecule has 0 atom stereocenters. The monoisotopic (exact) mass is 390 g/mol. The second kappa shape index (κ2) is 9.52. The van der Waals surface area contributed by atoms with Crippen LogP contribution in [-0.2, 0) is 10.2 Å². The van der Waals surface area contributed by atoms with E-state index < -0.39 is 0 Å². The molecule has 0 radical (unpaired) electrons. The van der Waals surface area contributed by atoms with E-state index in [1.54, 1.807) is 7.11 Å². The third kappa shape index (κ3) is 6.03. The van der Waals surface area contributed by atoms with Crippen molar-refractivity contribution < 1.29 is 4.74 Å². The van der Waals surface area contributed by atoms with Gasteiger partial charge in [0.05, 0.1) is 0 Å². The third-order valence-electron chi connectivity index (χ3n) is 4.61. The lowest BCUT2D eigenvalue weighted by Gasteiger charge is -2.19. The number of anilines is 3. The fourth-order valence-electron chi connectivity index (χ4n) is 2.95. The normalized spacial score (nSPS) is 11.3. The lowest BCUT2D eigenvalue weighted by atomic mass is 9.87. The number of nitrogens with one attached hydrogen (secondary N) is 2. The first-order chi connectivity index (χ1) is 14.0. The van der Waals surface area contributed by atoms with Crippen LogP contribution in [0.1, 0.15) is 32.8 Å². The van der Waals surface area contributed by atoms with Crippen LogP contribution in [0.3, 0.4) is 0 Å². The Morgan fingerprint density at radius 3 is 2.24 bits per heavy atom. The van der Waals surface area contributed by atoms with Crippen LogP contribution in [0, 0.1) is 0 Å². The Morgan fingerprint density at radius 1 is 0.897 bits per heavy atom. The standard InChI is InChI=1S/C24H30N4O/c1-24(2,3)19-11-13-20(14-12-19)26-22-17-21(25-15-8-16-29-4)27-23(28-22)18-9-6-5-7-10-18/h5-7,9-14,17H,8,15-16H2,1-4H3,(H2,25,26,27,28). The molecule has 0 aliphatic heterocycles. The molecule has 152 valence electrons. The van der Waals surface area contributed by atoms with E-state index in [0.717, 1.165) is 42.5 Å². The number of hydrogen-bond donors (Lipinski definition) is 2. The van der Waals surface area contributed by atoms with Gasteiger partial charge in [-0.15, -0.1) is 0 Å². The molecule has 3 aromatic rings. The highest BCUT2D eigenvalue weighted by atomic mass is 16.5. The van der Waals surface area contributed by atoms with Crippen LogP contribution in [0.2, 0.25) is 0 Å². The Morgan fingerprint density at radius 2 is 1.59 bits per heavy atom. The fourth-order valence-corrected chi connectivity index (χ4v) is 2.95. The van der Waals surface area contributed by atoms with Crippen molar-refractivity contribution >= 4 is 17.3 Å². The molecule has 0 amide bonds. The van der Waals surface area contributed by atoms with E-state index in [2.05, 4.69) is 60.7 Å². The summed E-state index contributed by atoms with van der Waals surface area (Å²) >= 11 is 0. The second-order valence-electron chi connectivity index (χ2n) is 8.05. The van der Waals surface area contributed by atoms with E-state index in [9.17, 15) is 0 Å². The molecule has 0 unspecified atom stereocenters. The molecule has 1 heterocycles. The number of hydrogen-bond acceptors (Lipinski definition) is 5. The van der Waals surface area contributed by atoms with Crippen LogP contribution >= 0.6 is 0 Å². The SMILES string of the molecule is COCCCNc1cc(Nc2ccc(C(C)(C)C)cc2)nc(-c2ccccc2)n1. The van der Waals surface area contributed by atoms with Gasteiger partial charge in [0.15, 0.2) is 5.82 Å². The minimum atomic E-state index is 0.132. The summed E-state index contributed by atoms with van der Waals surface area (Å²) in [5.41, 5.74) is 3.42. The number of nitrogens with zero attached hydrogens (tertiary/aromatic N) is 2. The predicted molar refractivity (Wildman–Crippen MR) is 121 cm³/mol. The van der Waals surface area contributed by atoms with Crippen molar-refractivity contribution in [1.82, 2.24) is 9.97 Å². The van der Waals surface area contributed by atoms with Gasteiger partial charge in [0.25, 0.3) is 0 Å². The van der Waals surface area contributed by atoms with Crippen LogP contribution < -0.4 is 10.6 Å². The zero-order valence-corrected chi connectivity index (χ0v) is 17.7. The molecule has 3 rings (SSSR count). The number of methoxy groups -OCH3 is 1. The summed E-state index contributed by atoms with van der Waals surface area (Å²) in [4.78, 5) is 9.41. The molecule has 0 spiro atoms. The highest BCUT2D eigenvalue weighted by Gasteiger charge is 2.13. The van der Waals surface area contributed by atoms with E-state index >= 15 is 0 Å². The van der Waals surface area contributed by atoms with E-state index in [0.29, 0.717) is 5.82 Å². The molecule has 5 nitrogen and oxygen atoms in total. The summed E-state index contributed by atoms with van der Waals surface area (Å²) in [7, 11) is 1.71. The van der Waals surface area contributed by atoms with Gasteiger partial charge in [-0.3, -0.25) is 0 Å². The largest absolute Gasteiger partial charge is 0.385 e. The topological polar surface area (TPSA) is 59.1 Å². The Balaban J connectivity index is 1.84. The van der Waals surface area contributed by atoms with Crippen molar-refractivity contribution in [2.45, 2.75) is 32.6 Å². The number of ether oxygens (including phenoxy) is 1. The molecule has 5 heteroatoms. The zero-order valence-electron chi connectivity index (χ0n) is 17.7. The third-order valence-corrected chi connectivity index (χ3v) is 4.61. The molecular formula is C24H30N4O. The summed E-state index contributed by atoms with van der Waals surface area (Å²) in [6, 6.07) is 20.5. The van der Waals surface area contributed by atoms with Crippen LogP contribution in [0.4, 0.5) is 17.3 Å². The van der Waals surface area contributed by atoms with Gasteiger partial charge >= 0.3 is 0 Å². The fraction of sp³-hybridized carbons (Fsp3) is 0.333. The first-order valence-corrected chi connectivity index (χ1v) is 10.0. The lowest BCUT2D eigenvalue weighted by Crippen LogP contribution is -2.10. The summed E-state index contributed by atoms with van der Waals surface area (Å²) in [5, 5.41) is 6.79. The van der Waals surface area contributed by atoms with Crippen molar-refractivity contribution in [3.05, 3.63) is 66.2 Å². The maximum absolute atomic E-state index is 5.12. The van der Waals surface area contributed by atoms with Crippen molar-refractivity contribution in [3.63, 3.8) is 0 Å². The van der Waals surface area contributed by atoms with E-state index in [1.165, 1.54) is 5.56 Å². The van der Waals surface area contributed by atoms with Gasteiger partial charge in [-0.25, -0.2) is 9.97 Å². The average Bonchev–Trinajstić information content (AvgIpc) is 2.71. The molecule has 0 saturated carbocycles. The molecule has 1 aromatic heterocycles. The minimum Gasteiger partial charge on any atom is -0.385 e. The van der Waals surface area contributed by atoms with Crippen molar-refractivity contribution in [3.8, 4) is 11.4 Å². The van der Waals surface area contributed by atoms with Gasteiger partial charge in [0.2, 0.25) is 0 Å². The van der Waals surface area contributed by atoms with Crippen molar-refractivity contribution in [2.24, 2.45) is 0 Å². The number of rotatable bonds is 8. The highest BCUT2D eigenvalue weighted by Crippen LogP contribution is 2.26. The molecule has 0 bridgehead atoms. The number of aromatic nitrogens is 2. The van der Waals surface area contributed by atoms with Crippen LogP contribution in [-0.4, -0.2) is 30.2 Å². The van der Waals surface area contributed by atoms with Gasteiger partial charge < -0.3 is 15.4 Å². The van der Waals surface area contributed by atoms with Gasteiger partial charge in [-0.1, -0.05) is 63.2 Å². The van der Waals surface area contributed by atoms with Crippen molar-refractivity contribution in [2.75, 3.05) is 30.9 Å². The summed E-state index contributed by atoms with van der Waals surface area (Å²) < 4.78 is 5.12. The minimum absolute atomic E-state index is 0.132. The first-order valence-electron chi connectivity index (χ1n) is 10.0. The molecule has 0 fully saturated rings. The van der Waals surface area contributed by atoms with Crippen LogP contribution in [0.15, 0.2) is 60.7 Å². The molecular weight excluding hydrogens is 360 g/mol. The van der Waals surface area contributed by atoms with Gasteiger partial charge in [-0.2, -0.15) is 0 Å².